The monoisotopic (exact) mass is 379 g/mol. The average Bonchev–Trinajstić information content (AvgIpc) is 2.50. The molecule has 0 N–H and O–H groups in total. The molecule has 8 saturated carbocycles. The summed E-state index contributed by atoms with van der Waals surface area (Å²) < 4.78 is 0. The lowest BCUT2D eigenvalue weighted by Crippen LogP contribution is -2.52. The molecule has 0 aromatic carbocycles. The number of carbonyl (C=O) groups excluding carboxylic acids is 1. The third kappa shape index (κ3) is 2.76. The predicted molar refractivity (Wildman–Crippen MR) is 98.4 cm³/mol. The topological polar surface area (TPSA) is 40.9 Å². The van der Waals surface area contributed by atoms with E-state index in [0.29, 0.717) is 35.4 Å². The molecule has 8 bridgehead atoms. The number of rotatable bonds is 0. The summed E-state index contributed by atoms with van der Waals surface area (Å²) in [5.74, 6) is 4.44. The van der Waals surface area contributed by atoms with Crippen molar-refractivity contribution in [2.24, 2.45) is 41.4 Å². The van der Waals surface area contributed by atoms with E-state index in [2.05, 4.69) is 6.07 Å². The van der Waals surface area contributed by atoms with E-state index < -0.39 is 0 Å². The van der Waals surface area contributed by atoms with Gasteiger partial charge in [-0.3, -0.25) is 4.79 Å². The van der Waals surface area contributed by atoms with Crippen molar-refractivity contribution >= 4 is 29.0 Å². The highest BCUT2D eigenvalue weighted by molar-refractivity contribution is 6.25. The van der Waals surface area contributed by atoms with Gasteiger partial charge in [-0.15, -0.1) is 23.2 Å². The molecule has 0 aromatic rings. The van der Waals surface area contributed by atoms with E-state index in [1.165, 1.54) is 25.7 Å². The van der Waals surface area contributed by atoms with Crippen LogP contribution in [0, 0.1) is 52.8 Å². The van der Waals surface area contributed by atoms with Crippen molar-refractivity contribution in [3.05, 3.63) is 0 Å². The molecule has 4 heteroatoms. The van der Waals surface area contributed by atoms with Crippen LogP contribution in [0.25, 0.3) is 0 Å². The fourth-order valence-corrected chi connectivity index (χ4v) is 8.99. The molecule has 2 nitrogen and oxygen atoms in total. The van der Waals surface area contributed by atoms with Gasteiger partial charge in [-0.25, -0.2) is 0 Å². The molecule has 0 saturated heterocycles. The molecule has 0 amide bonds. The minimum Gasteiger partial charge on any atom is -0.299 e. The lowest BCUT2D eigenvalue weighted by Gasteiger charge is -2.56. The number of Topliss-reactive ketones (excluding diaryl/α,β-unsaturated/α-hetero) is 1. The molecule has 8 rings (SSSR count). The smallest absolute Gasteiger partial charge is 0.139 e. The van der Waals surface area contributed by atoms with Gasteiger partial charge in [0.2, 0.25) is 0 Å². The molecule has 0 heterocycles. The van der Waals surface area contributed by atoms with Gasteiger partial charge in [0, 0.05) is 21.6 Å². The Morgan fingerprint density at radius 1 is 0.800 bits per heavy atom. The van der Waals surface area contributed by atoms with E-state index in [1.807, 2.05) is 0 Å². The van der Waals surface area contributed by atoms with Gasteiger partial charge in [0.05, 0.1) is 12.0 Å². The number of carbonyl (C=O) groups is 1. The van der Waals surface area contributed by atoms with E-state index in [4.69, 9.17) is 28.5 Å². The quantitative estimate of drug-likeness (QED) is 0.534. The van der Waals surface area contributed by atoms with Crippen molar-refractivity contribution < 1.29 is 4.79 Å². The third-order valence-electron chi connectivity index (χ3n) is 8.27. The number of halogens is 2. The van der Waals surface area contributed by atoms with Crippen LogP contribution in [-0.2, 0) is 4.79 Å². The first-order valence-corrected chi connectivity index (χ1v) is 10.9. The summed E-state index contributed by atoms with van der Waals surface area (Å²) in [5.41, 5.74) is 0. The summed E-state index contributed by atoms with van der Waals surface area (Å²) in [7, 11) is 0. The van der Waals surface area contributed by atoms with Gasteiger partial charge >= 0.3 is 0 Å². The molecule has 0 aromatic heterocycles. The Bertz CT molecular complexity index is 606. The Labute approximate surface area is 160 Å². The highest BCUT2D eigenvalue weighted by atomic mass is 35.5. The van der Waals surface area contributed by atoms with Crippen LogP contribution in [0.5, 0.6) is 0 Å². The molecule has 8 aliphatic rings. The molecule has 0 spiro atoms. The molecule has 4 atom stereocenters. The average molecular weight is 380 g/mol. The van der Waals surface area contributed by atoms with Crippen LogP contribution < -0.4 is 0 Å². The summed E-state index contributed by atoms with van der Waals surface area (Å²) in [4.78, 5) is 11.8. The zero-order chi connectivity index (χ0) is 17.4. The van der Waals surface area contributed by atoms with Crippen molar-refractivity contribution in [1.82, 2.24) is 0 Å². The summed E-state index contributed by atoms with van der Waals surface area (Å²) in [6.07, 6.45) is 11.4. The zero-order valence-corrected chi connectivity index (χ0v) is 16.2. The standard InChI is InChI=1S/C11H14ClN.C10H13ClO/c12-11-3-7-1-8(4-11)10(6-13)9(2-7)5-11;11-10-3-6-1-7(4-10)9(12)8(2-6)5-10/h7-10H,1-5H2;6-8H,1-5H2. The van der Waals surface area contributed by atoms with Crippen molar-refractivity contribution in [2.45, 2.75) is 74.0 Å². The van der Waals surface area contributed by atoms with Gasteiger partial charge in [-0.05, 0) is 87.9 Å². The number of alkyl halides is 2. The largest absolute Gasteiger partial charge is 0.299 e. The molecule has 8 fully saturated rings. The lowest BCUT2D eigenvalue weighted by atomic mass is 9.52. The minimum atomic E-state index is 0.0322. The molecule has 136 valence electrons. The number of ketones is 1. The zero-order valence-electron chi connectivity index (χ0n) is 14.7. The first-order chi connectivity index (χ1) is 11.9. The number of hydrogen-bond acceptors (Lipinski definition) is 2. The second-order valence-electron chi connectivity index (χ2n) is 10.2. The maximum absolute atomic E-state index is 11.7. The van der Waals surface area contributed by atoms with E-state index >= 15 is 0 Å². The van der Waals surface area contributed by atoms with Crippen molar-refractivity contribution in [3.63, 3.8) is 0 Å². The molecule has 0 aliphatic heterocycles. The summed E-state index contributed by atoms with van der Waals surface area (Å²) >= 11 is 13.0. The van der Waals surface area contributed by atoms with Gasteiger partial charge in [0.1, 0.15) is 5.78 Å². The molecular formula is C21H27Cl2NO. The van der Waals surface area contributed by atoms with E-state index in [-0.39, 0.29) is 9.75 Å². The Kier molecular flexibility index (Phi) is 3.79. The van der Waals surface area contributed by atoms with Crippen LogP contribution in [0.3, 0.4) is 0 Å². The fraction of sp³-hybridized carbons (Fsp3) is 0.905. The van der Waals surface area contributed by atoms with E-state index in [1.54, 1.807) is 0 Å². The van der Waals surface area contributed by atoms with Gasteiger partial charge in [0.25, 0.3) is 0 Å². The van der Waals surface area contributed by atoms with Crippen LogP contribution in [0.4, 0.5) is 0 Å². The molecular weight excluding hydrogens is 353 g/mol. The van der Waals surface area contributed by atoms with Gasteiger partial charge in [-0.1, -0.05) is 0 Å². The second kappa shape index (κ2) is 5.62. The summed E-state index contributed by atoms with van der Waals surface area (Å²) in [5, 5.41) is 9.09. The predicted octanol–water partition coefficient (Wildman–Crippen LogP) is 5.32. The minimum absolute atomic E-state index is 0.0322. The number of nitrogens with zero attached hydrogens (tertiary/aromatic N) is 1. The fourth-order valence-electron chi connectivity index (χ4n) is 7.79. The first kappa shape index (κ1) is 16.9. The SMILES string of the molecule is N#CC1C2CC3CC1CC(Cl)(C3)C2.O=C1C2CC3CC1CC(Cl)(C3)C2. The maximum Gasteiger partial charge on any atom is 0.139 e. The molecule has 4 unspecified atom stereocenters. The maximum atomic E-state index is 11.7. The van der Waals surface area contributed by atoms with E-state index in [0.717, 1.165) is 50.4 Å². The Morgan fingerprint density at radius 2 is 1.28 bits per heavy atom. The van der Waals surface area contributed by atoms with Crippen LogP contribution >= 0.6 is 23.2 Å². The summed E-state index contributed by atoms with van der Waals surface area (Å²) in [6, 6.07) is 2.51. The first-order valence-electron chi connectivity index (χ1n) is 10.2. The molecule has 0 radical (unpaired) electrons. The number of nitriles is 1. The Morgan fingerprint density at radius 3 is 1.72 bits per heavy atom. The van der Waals surface area contributed by atoms with Crippen molar-refractivity contribution in [1.29, 1.82) is 5.26 Å². The second-order valence-corrected chi connectivity index (χ2v) is 11.8. The van der Waals surface area contributed by atoms with Gasteiger partial charge in [0.15, 0.2) is 0 Å². The van der Waals surface area contributed by atoms with Gasteiger partial charge < -0.3 is 0 Å². The van der Waals surface area contributed by atoms with E-state index in [9.17, 15) is 4.79 Å². The highest BCUT2D eigenvalue weighted by Gasteiger charge is 2.55. The Hall–Kier alpha value is -0.260. The van der Waals surface area contributed by atoms with Gasteiger partial charge in [-0.2, -0.15) is 5.26 Å². The molecule has 25 heavy (non-hydrogen) atoms. The lowest BCUT2D eigenvalue weighted by molar-refractivity contribution is -0.138. The van der Waals surface area contributed by atoms with Crippen LogP contribution in [0.1, 0.15) is 64.2 Å². The number of hydrogen-bond donors (Lipinski definition) is 0. The van der Waals surface area contributed by atoms with Crippen LogP contribution in [-0.4, -0.2) is 15.5 Å². The summed E-state index contributed by atoms with van der Waals surface area (Å²) in [6.45, 7) is 0. The highest BCUT2D eigenvalue weighted by Crippen LogP contribution is 2.60. The van der Waals surface area contributed by atoms with Crippen LogP contribution in [0.2, 0.25) is 0 Å². The molecule has 8 aliphatic carbocycles. The normalized spacial score (nSPS) is 57.2. The van der Waals surface area contributed by atoms with Crippen molar-refractivity contribution in [2.75, 3.05) is 0 Å². The van der Waals surface area contributed by atoms with Crippen molar-refractivity contribution in [3.8, 4) is 6.07 Å². The third-order valence-corrected chi connectivity index (χ3v) is 9.19. The van der Waals surface area contributed by atoms with Crippen LogP contribution in [0.15, 0.2) is 0 Å². The Balaban J connectivity index is 0.000000112.